The van der Waals surface area contributed by atoms with Gasteiger partial charge in [0.2, 0.25) is 5.88 Å². The minimum absolute atomic E-state index is 0.138. The summed E-state index contributed by atoms with van der Waals surface area (Å²) >= 11 is 12.1. The lowest BCUT2D eigenvalue weighted by Gasteiger charge is -2.33. The zero-order chi connectivity index (χ0) is 24.5. The summed E-state index contributed by atoms with van der Waals surface area (Å²) in [5.41, 5.74) is 2.53. The van der Waals surface area contributed by atoms with Crippen LogP contribution in [0.3, 0.4) is 0 Å². The molecule has 1 saturated heterocycles. The van der Waals surface area contributed by atoms with Gasteiger partial charge in [-0.15, -0.1) is 5.10 Å². The van der Waals surface area contributed by atoms with Crippen molar-refractivity contribution in [3.63, 3.8) is 0 Å². The molecule has 0 spiro atoms. The number of hydrogen-bond donors (Lipinski definition) is 1. The van der Waals surface area contributed by atoms with E-state index in [1.165, 1.54) is 7.11 Å². The third-order valence-electron chi connectivity index (χ3n) is 6.31. The van der Waals surface area contributed by atoms with Gasteiger partial charge in [0.05, 0.1) is 47.2 Å². The van der Waals surface area contributed by atoms with Crippen molar-refractivity contribution >= 4 is 34.2 Å². The number of halogens is 3. The second-order valence-electron chi connectivity index (χ2n) is 8.50. The number of benzene rings is 1. The van der Waals surface area contributed by atoms with Crippen molar-refractivity contribution in [3.8, 4) is 17.1 Å². The number of likely N-dealkylation sites (tertiary alicyclic amines) is 1. The predicted octanol–water partition coefficient (Wildman–Crippen LogP) is 4.71. The lowest BCUT2D eigenvalue weighted by molar-refractivity contribution is 0.0872. The first-order chi connectivity index (χ1) is 16.9. The van der Waals surface area contributed by atoms with Gasteiger partial charge in [-0.2, -0.15) is 0 Å². The largest absolute Gasteiger partial charge is 0.481 e. The van der Waals surface area contributed by atoms with Gasteiger partial charge < -0.3 is 14.7 Å². The third kappa shape index (κ3) is 4.95. The van der Waals surface area contributed by atoms with Crippen LogP contribution in [0.4, 0.5) is 4.39 Å². The van der Waals surface area contributed by atoms with Gasteiger partial charge in [-0.1, -0.05) is 34.5 Å². The highest BCUT2D eigenvalue weighted by atomic mass is 35.5. The summed E-state index contributed by atoms with van der Waals surface area (Å²) in [7, 11) is 1.49. The number of aromatic nitrogens is 5. The Hall–Kier alpha value is -2.85. The smallest absolute Gasteiger partial charge is 0.213 e. The summed E-state index contributed by atoms with van der Waals surface area (Å²) in [5.74, 6) is -0.245. The number of methoxy groups -OCH3 is 1. The third-order valence-corrected chi connectivity index (χ3v) is 7.05. The second-order valence-corrected chi connectivity index (χ2v) is 9.32. The standard InChI is InChI=1S/C24H23Cl2FN6O2/c1-35-22-5-4-19-24(29-22)23(18(27)11-28-19)21(34)13-32-8-6-15(7-9-32)33-12-20(30-31-33)14-2-3-16(25)17(26)10-14/h2-5,10-12,15,21,34H,6-9,13H2,1H3. The minimum atomic E-state index is -1.05. The van der Waals surface area contributed by atoms with E-state index in [0.29, 0.717) is 27.0 Å². The summed E-state index contributed by atoms with van der Waals surface area (Å²) in [5, 5.41) is 20.5. The fourth-order valence-corrected chi connectivity index (χ4v) is 4.72. The summed E-state index contributed by atoms with van der Waals surface area (Å²) in [4.78, 5) is 10.5. The zero-order valence-corrected chi connectivity index (χ0v) is 20.4. The lowest BCUT2D eigenvalue weighted by atomic mass is 10.0. The molecule has 1 aromatic carbocycles. The number of pyridine rings is 2. The number of aliphatic hydroxyl groups excluding tert-OH is 1. The van der Waals surface area contributed by atoms with Crippen molar-refractivity contribution < 1.29 is 14.2 Å². The van der Waals surface area contributed by atoms with Gasteiger partial charge in [-0.05, 0) is 31.0 Å². The molecule has 8 nitrogen and oxygen atoms in total. The number of nitrogens with zero attached hydrogens (tertiary/aromatic N) is 6. The quantitative estimate of drug-likeness (QED) is 0.396. The Bertz CT molecular complexity index is 1360. The first kappa shape index (κ1) is 23.9. The Morgan fingerprint density at radius 3 is 2.71 bits per heavy atom. The van der Waals surface area contributed by atoms with Crippen molar-refractivity contribution in [3.05, 3.63) is 64.2 Å². The van der Waals surface area contributed by atoms with Crippen molar-refractivity contribution in [2.45, 2.75) is 25.0 Å². The molecular weight excluding hydrogens is 494 g/mol. The first-order valence-electron chi connectivity index (χ1n) is 11.2. The molecule has 0 saturated carbocycles. The molecule has 1 aliphatic rings. The molecule has 3 aromatic heterocycles. The van der Waals surface area contributed by atoms with Crippen LogP contribution in [0.5, 0.6) is 5.88 Å². The molecule has 1 aliphatic heterocycles. The van der Waals surface area contributed by atoms with Gasteiger partial charge in [0, 0.05) is 36.8 Å². The molecule has 35 heavy (non-hydrogen) atoms. The fourth-order valence-electron chi connectivity index (χ4n) is 4.42. The number of rotatable bonds is 6. The van der Waals surface area contributed by atoms with Crippen LogP contribution < -0.4 is 4.74 Å². The van der Waals surface area contributed by atoms with Crippen LogP contribution in [0.1, 0.15) is 30.6 Å². The van der Waals surface area contributed by atoms with Crippen LogP contribution in [0.25, 0.3) is 22.3 Å². The highest BCUT2D eigenvalue weighted by Crippen LogP contribution is 2.31. The highest BCUT2D eigenvalue weighted by molar-refractivity contribution is 6.42. The van der Waals surface area contributed by atoms with E-state index in [9.17, 15) is 9.50 Å². The van der Waals surface area contributed by atoms with Crippen LogP contribution in [-0.2, 0) is 0 Å². The van der Waals surface area contributed by atoms with E-state index in [2.05, 4.69) is 25.2 Å². The van der Waals surface area contributed by atoms with Gasteiger partial charge in [0.1, 0.15) is 17.0 Å². The van der Waals surface area contributed by atoms with Gasteiger partial charge in [0.15, 0.2) is 0 Å². The number of hydrogen-bond acceptors (Lipinski definition) is 7. The van der Waals surface area contributed by atoms with Crippen LogP contribution in [0.2, 0.25) is 10.0 Å². The maximum Gasteiger partial charge on any atom is 0.213 e. The van der Waals surface area contributed by atoms with Gasteiger partial charge >= 0.3 is 0 Å². The van der Waals surface area contributed by atoms with Gasteiger partial charge in [0.25, 0.3) is 0 Å². The van der Waals surface area contributed by atoms with Crippen LogP contribution >= 0.6 is 23.2 Å². The Morgan fingerprint density at radius 1 is 1.17 bits per heavy atom. The Kier molecular flexibility index (Phi) is 6.84. The number of ether oxygens (including phenoxy) is 1. The zero-order valence-electron chi connectivity index (χ0n) is 18.9. The molecule has 4 aromatic rings. The van der Waals surface area contributed by atoms with E-state index in [0.717, 1.165) is 43.4 Å². The molecular formula is C24H23Cl2FN6O2. The van der Waals surface area contributed by atoms with Crippen molar-refractivity contribution in [2.75, 3.05) is 26.7 Å². The van der Waals surface area contributed by atoms with E-state index in [1.807, 2.05) is 16.9 Å². The maximum absolute atomic E-state index is 14.7. The Morgan fingerprint density at radius 2 is 1.97 bits per heavy atom. The topological polar surface area (TPSA) is 89.2 Å². The molecule has 1 atom stereocenters. The summed E-state index contributed by atoms with van der Waals surface area (Å²) in [6, 6.07) is 8.91. The van der Waals surface area contributed by atoms with Crippen LogP contribution in [-0.4, -0.2) is 61.7 Å². The predicted molar refractivity (Wildman–Crippen MR) is 131 cm³/mol. The summed E-state index contributed by atoms with van der Waals surface area (Å²) < 4.78 is 21.7. The van der Waals surface area contributed by atoms with Crippen LogP contribution in [0.15, 0.2) is 42.7 Å². The number of piperidine rings is 1. The average molecular weight is 517 g/mol. The molecule has 0 bridgehead atoms. The molecule has 5 rings (SSSR count). The molecule has 182 valence electrons. The SMILES string of the molecule is COc1ccc2ncc(F)c(C(O)CN3CCC(n4cc(-c5ccc(Cl)c(Cl)c5)nn4)CC3)c2n1. The Labute approximate surface area is 211 Å². The van der Waals surface area contributed by atoms with E-state index >= 15 is 0 Å². The summed E-state index contributed by atoms with van der Waals surface area (Å²) in [6.07, 6.45) is 3.62. The van der Waals surface area contributed by atoms with Gasteiger partial charge in [-0.3, -0.25) is 4.98 Å². The van der Waals surface area contributed by atoms with E-state index in [-0.39, 0.29) is 18.2 Å². The molecule has 0 aliphatic carbocycles. The molecule has 1 N–H and O–H groups in total. The van der Waals surface area contributed by atoms with Crippen molar-refractivity contribution in [1.29, 1.82) is 0 Å². The molecule has 0 radical (unpaired) electrons. The molecule has 4 heterocycles. The average Bonchev–Trinajstić information content (AvgIpc) is 3.36. The van der Waals surface area contributed by atoms with E-state index in [1.54, 1.807) is 24.3 Å². The molecule has 1 unspecified atom stereocenters. The second kappa shape index (κ2) is 10.0. The maximum atomic E-state index is 14.7. The molecule has 11 heteroatoms. The summed E-state index contributed by atoms with van der Waals surface area (Å²) in [6.45, 7) is 1.74. The van der Waals surface area contributed by atoms with E-state index < -0.39 is 11.9 Å². The number of β-amino-alcohol motifs (C(OH)–C–C–N with tert-alkyl or cyclic N) is 1. The Balaban J connectivity index is 1.25. The molecule has 0 amide bonds. The first-order valence-corrected chi connectivity index (χ1v) is 12.0. The lowest BCUT2D eigenvalue weighted by Crippen LogP contribution is -2.37. The van der Waals surface area contributed by atoms with Crippen LogP contribution in [0, 0.1) is 5.82 Å². The number of fused-ring (bicyclic) bond motifs is 1. The molecule has 1 fully saturated rings. The monoisotopic (exact) mass is 516 g/mol. The fraction of sp³-hybridized carbons (Fsp3) is 0.333. The highest BCUT2D eigenvalue weighted by Gasteiger charge is 2.26. The minimum Gasteiger partial charge on any atom is -0.481 e. The van der Waals surface area contributed by atoms with Crippen molar-refractivity contribution in [2.24, 2.45) is 0 Å². The van der Waals surface area contributed by atoms with Gasteiger partial charge in [-0.25, -0.2) is 14.1 Å². The van der Waals surface area contributed by atoms with Crippen molar-refractivity contribution in [1.82, 2.24) is 29.9 Å². The normalized spacial score (nSPS) is 16.0. The number of aliphatic hydroxyl groups is 1. The van der Waals surface area contributed by atoms with E-state index in [4.69, 9.17) is 27.9 Å².